The smallest absolute Gasteiger partial charge is 0.138 e. The average Bonchev–Trinajstić information content (AvgIpc) is 2.93. The molecule has 0 spiro atoms. The zero-order valence-corrected chi connectivity index (χ0v) is 12.0. The third-order valence-electron chi connectivity index (χ3n) is 3.48. The Kier molecular flexibility index (Phi) is 4.02. The topological polar surface area (TPSA) is 25.2 Å². The van der Waals surface area contributed by atoms with E-state index in [9.17, 15) is 4.39 Å². The van der Waals surface area contributed by atoms with Crippen molar-refractivity contribution in [1.29, 1.82) is 0 Å². The van der Waals surface area contributed by atoms with Crippen LogP contribution in [-0.4, -0.2) is 6.54 Å². The van der Waals surface area contributed by atoms with E-state index in [4.69, 9.17) is 4.42 Å². The number of halogens is 1. The van der Waals surface area contributed by atoms with E-state index in [1.54, 1.807) is 0 Å². The quantitative estimate of drug-likeness (QED) is 0.684. The van der Waals surface area contributed by atoms with Crippen LogP contribution in [0.5, 0.6) is 0 Å². The Labute approximate surface area is 123 Å². The van der Waals surface area contributed by atoms with Gasteiger partial charge < -0.3 is 9.73 Å². The number of fused-ring (bicyclic) bond motifs is 1. The highest BCUT2D eigenvalue weighted by Gasteiger charge is 2.11. The molecule has 0 radical (unpaired) electrons. The Morgan fingerprint density at radius 3 is 2.76 bits per heavy atom. The van der Waals surface area contributed by atoms with Gasteiger partial charge in [-0.1, -0.05) is 31.2 Å². The van der Waals surface area contributed by atoms with Crippen molar-refractivity contribution in [3.8, 4) is 11.3 Å². The molecule has 3 rings (SSSR count). The number of rotatable bonds is 5. The predicted octanol–water partition coefficient (Wildman–Crippen LogP) is 4.74. The summed E-state index contributed by atoms with van der Waals surface area (Å²) in [6, 6.07) is 14.8. The van der Waals surface area contributed by atoms with Gasteiger partial charge in [-0.3, -0.25) is 0 Å². The van der Waals surface area contributed by atoms with E-state index >= 15 is 0 Å². The second-order valence-electron chi connectivity index (χ2n) is 5.14. The van der Waals surface area contributed by atoms with E-state index < -0.39 is 0 Å². The van der Waals surface area contributed by atoms with Crippen molar-refractivity contribution < 1.29 is 8.81 Å². The minimum Gasteiger partial charge on any atom is -0.456 e. The van der Waals surface area contributed by atoms with Crippen LogP contribution in [0.3, 0.4) is 0 Å². The van der Waals surface area contributed by atoms with Gasteiger partial charge in [0.05, 0.1) is 5.56 Å². The maximum absolute atomic E-state index is 14.1. The van der Waals surface area contributed by atoms with Crippen LogP contribution >= 0.6 is 0 Å². The number of benzene rings is 2. The summed E-state index contributed by atoms with van der Waals surface area (Å²) in [5.74, 6) is 0.319. The van der Waals surface area contributed by atoms with Gasteiger partial charge in [-0.2, -0.15) is 0 Å². The number of hydrogen-bond acceptors (Lipinski definition) is 2. The van der Waals surface area contributed by atoms with Gasteiger partial charge in [0.25, 0.3) is 0 Å². The third-order valence-corrected chi connectivity index (χ3v) is 3.48. The Morgan fingerprint density at radius 1 is 1.10 bits per heavy atom. The van der Waals surface area contributed by atoms with Crippen LogP contribution in [0.1, 0.15) is 18.9 Å². The van der Waals surface area contributed by atoms with Gasteiger partial charge in [0.2, 0.25) is 0 Å². The molecule has 2 nitrogen and oxygen atoms in total. The van der Waals surface area contributed by atoms with Crippen LogP contribution < -0.4 is 5.32 Å². The molecule has 0 unspecified atom stereocenters. The molecule has 108 valence electrons. The van der Waals surface area contributed by atoms with Crippen LogP contribution in [0.15, 0.2) is 52.9 Å². The molecule has 1 N–H and O–H groups in total. The summed E-state index contributed by atoms with van der Waals surface area (Å²) in [4.78, 5) is 0. The summed E-state index contributed by atoms with van der Waals surface area (Å²) in [5.41, 5.74) is 2.35. The van der Waals surface area contributed by atoms with Crippen LogP contribution in [-0.2, 0) is 6.54 Å². The Morgan fingerprint density at radius 2 is 1.95 bits per heavy atom. The first-order chi connectivity index (χ1) is 10.3. The molecule has 1 aromatic heterocycles. The van der Waals surface area contributed by atoms with Crippen molar-refractivity contribution in [2.24, 2.45) is 0 Å². The number of hydrogen-bond donors (Lipinski definition) is 1. The molecule has 3 heteroatoms. The molecule has 1 heterocycles. The molecule has 0 aliphatic heterocycles. The summed E-state index contributed by atoms with van der Waals surface area (Å²) >= 11 is 0. The van der Waals surface area contributed by atoms with Gasteiger partial charge in [0, 0.05) is 11.9 Å². The summed E-state index contributed by atoms with van der Waals surface area (Å²) in [7, 11) is 0. The molecule has 0 atom stereocenters. The van der Waals surface area contributed by atoms with E-state index in [0.29, 0.717) is 11.3 Å². The van der Waals surface area contributed by atoms with Gasteiger partial charge in [-0.15, -0.1) is 0 Å². The summed E-state index contributed by atoms with van der Waals surface area (Å²) in [6.45, 7) is 3.82. The molecular formula is C18H18FNO. The fourth-order valence-electron chi connectivity index (χ4n) is 2.40. The lowest BCUT2D eigenvalue weighted by Crippen LogP contribution is -2.13. The van der Waals surface area contributed by atoms with Crippen LogP contribution in [0.25, 0.3) is 22.3 Å². The standard InChI is InChI=1S/C18H18FNO/c1-2-9-20-12-13-7-8-16(19)15(10-13)18-11-14-5-3-4-6-17(14)21-18/h3-8,10-11,20H,2,9,12H2,1H3. The van der Waals surface area contributed by atoms with Gasteiger partial charge in [0.1, 0.15) is 17.2 Å². The fourth-order valence-corrected chi connectivity index (χ4v) is 2.40. The summed E-state index contributed by atoms with van der Waals surface area (Å²) in [5, 5.41) is 4.31. The van der Waals surface area contributed by atoms with Crippen molar-refractivity contribution in [1.82, 2.24) is 5.32 Å². The highest BCUT2D eigenvalue weighted by Crippen LogP contribution is 2.30. The number of para-hydroxylation sites is 1. The number of furan rings is 1. The fraction of sp³-hybridized carbons (Fsp3) is 0.222. The van der Waals surface area contributed by atoms with E-state index in [0.717, 1.165) is 36.0 Å². The Hall–Kier alpha value is -2.13. The number of nitrogens with one attached hydrogen (secondary N) is 1. The molecule has 0 aliphatic carbocycles. The zero-order chi connectivity index (χ0) is 14.7. The van der Waals surface area contributed by atoms with Crippen molar-refractivity contribution in [2.45, 2.75) is 19.9 Å². The van der Waals surface area contributed by atoms with Crippen molar-refractivity contribution >= 4 is 11.0 Å². The maximum Gasteiger partial charge on any atom is 0.138 e. The second kappa shape index (κ2) is 6.10. The lowest BCUT2D eigenvalue weighted by Gasteiger charge is -2.06. The highest BCUT2D eigenvalue weighted by atomic mass is 19.1. The normalized spacial score (nSPS) is 11.1. The first kappa shape index (κ1) is 13.8. The molecular weight excluding hydrogens is 265 g/mol. The molecule has 0 saturated heterocycles. The van der Waals surface area contributed by atoms with Crippen LogP contribution in [0.4, 0.5) is 4.39 Å². The first-order valence-electron chi connectivity index (χ1n) is 7.26. The highest BCUT2D eigenvalue weighted by molar-refractivity contribution is 5.82. The van der Waals surface area contributed by atoms with Gasteiger partial charge >= 0.3 is 0 Å². The van der Waals surface area contributed by atoms with Crippen molar-refractivity contribution in [3.05, 3.63) is 59.9 Å². The molecule has 21 heavy (non-hydrogen) atoms. The lowest BCUT2D eigenvalue weighted by atomic mass is 10.1. The lowest BCUT2D eigenvalue weighted by molar-refractivity contribution is 0.599. The molecule has 0 fully saturated rings. The minimum atomic E-state index is -0.256. The largest absolute Gasteiger partial charge is 0.456 e. The molecule has 2 aromatic carbocycles. The van der Waals surface area contributed by atoms with E-state index in [1.165, 1.54) is 6.07 Å². The minimum absolute atomic E-state index is 0.256. The first-order valence-corrected chi connectivity index (χ1v) is 7.26. The molecule has 0 amide bonds. The summed E-state index contributed by atoms with van der Waals surface area (Å²) < 4.78 is 19.8. The monoisotopic (exact) mass is 283 g/mol. The van der Waals surface area contributed by atoms with E-state index in [-0.39, 0.29) is 5.82 Å². The molecule has 3 aromatic rings. The molecule has 0 bridgehead atoms. The van der Waals surface area contributed by atoms with Crippen LogP contribution in [0.2, 0.25) is 0 Å². The van der Waals surface area contributed by atoms with Crippen LogP contribution in [0, 0.1) is 5.82 Å². The predicted molar refractivity (Wildman–Crippen MR) is 83.6 cm³/mol. The average molecular weight is 283 g/mol. The molecule has 0 aliphatic rings. The van der Waals surface area contributed by atoms with Gasteiger partial charge in [-0.25, -0.2) is 4.39 Å². The maximum atomic E-state index is 14.1. The Balaban J connectivity index is 1.94. The van der Waals surface area contributed by atoms with Crippen molar-refractivity contribution in [2.75, 3.05) is 6.54 Å². The molecule has 0 saturated carbocycles. The third kappa shape index (κ3) is 2.98. The van der Waals surface area contributed by atoms with E-state index in [1.807, 2.05) is 42.5 Å². The second-order valence-corrected chi connectivity index (χ2v) is 5.14. The summed E-state index contributed by atoms with van der Waals surface area (Å²) in [6.07, 6.45) is 1.08. The van der Waals surface area contributed by atoms with Gasteiger partial charge in [-0.05, 0) is 42.8 Å². The SMILES string of the molecule is CCCNCc1ccc(F)c(-c2cc3ccccc3o2)c1. The van der Waals surface area contributed by atoms with Gasteiger partial charge in [0.15, 0.2) is 0 Å². The Bertz CT molecular complexity index is 715. The van der Waals surface area contributed by atoms with E-state index in [2.05, 4.69) is 12.2 Å². The zero-order valence-electron chi connectivity index (χ0n) is 12.0. The van der Waals surface area contributed by atoms with Crippen molar-refractivity contribution in [3.63, 3.8) is 0 Å².